The third kappa shape index (κ3) is 5.69. The maximum Gasteiger partial charge on any atom is 0.325 e. The van der Waals surface area contributed by atoms with Crippen LogP contribution in [-0.4, -0.2) is 79.0 Å². The summed E-state index contributed by atoms with van der Waals surface area (Å²) in [5.41, 5.74) is -0.0752. The van der Waals surface area contributed by atoms with E-state index in [1.54, 1.807) is 12.1 Å². The van der Waals surface area contributed by atoms with Crippen molar-refractivity contribution >= 4 is 11.9 Å². The lowest BCUT2D eigenvalue weighted by Crippen LogP contribution is -2.57. The van der Waals surface area contributed by atoms with Gasteiger partial charge in [0, 0.05) is 19.5 Å². The topological polar surface area (TPSA) is 55.9 Å². The number of benzene rings is 1. The normalized spacial score (nSPS) is 26.5. The molecule has 0 bridgehead atoms. The molecule has 0 aromatic heterocycles. The highest BCUT2D eigenvalue weighted by Crippen LogP contribution is 2.37. The molecule has 2 fully saturated rings. The van der Waals surface area contributed by atoms with Gasteiger partial charge in [0.15, 0.2) is 0 Å². The number of rotatable bonds is 9. The van der Waals surface area contributed by atoms with Crippen LogP contribution >= 0.6 is 0 Å². The molecule has 2 aliphatic heterocycles. The number of allylic oxidation sites excluding steroid dienone is 2. The van der Waals surface area contributed by atoms with Crippen molar-refractivity contribution in [2.45, 2.75) is 50.5 Å². The Hall–Kier alpha value is -2.25. The lowest BCUT2D eigenvalue weighted by atomic mass is 9.73. The molecule has 1 N–H and O–H groups in total. The van der Waals surface area contributed by atoms with E-state index in [1.165, 1.54) is 29.9 Å². The maximum atomic E-state index is 13.8. The Bertz CT molecular complexity index is 879. The van der Waals surface area contributed by atoms with E-state index in [2.05, 4.69) is 27.3 Å². The van der Waals surface area contributed by atoms with E-state index in [1.807, 2.05) is 14.1 Å². The zero-order chi connectivity index (χ0) is 24.1. The molecule has 2 saturated heterocycles. The van der Waals surface area contributed by atoms with Gasteiger partial charge in [-0.25, -0.2) is 9.18 Å². The summed E-state index contributed by atoms with van der Waals surface area (Å²) in [5, 5.41) is 3.14. The van der Waals surface area contributed by atoms with Gasteiger partial charge in [0.25, 0.3) is 5.91 Å². The smallest absolute Gasteiger partial charge is 0.322 e. The quantitative estimate of drug-likeness (QED) is 0.442. The Balaban J connectivity index is 1.48. The molecule has 34 heavy (non-hydrogen) atoms. The predicted octanol–water partition coefficient (Wildman–Crippen LogP) is 3.68. The van der Waals surface area contributed by atoms with Crippen molar-refractivity contribution in [3.05, 3.63) is 47.8 Å². The number of carbonyl (C=O) groups is 2. The second-order valence-corrected chi connectivity index (χ2v) is 10.5. The molecule has 0 spiro atoms. The van der Waals surface area contributed by atoms with Gasteiger partial charge in [-0.15, -0.1) is 0 Å². The van der Waals surface area contributed by atoms with Crippen molar-refractivity contribution in [2.24, 2.45) is 11.8 Å². The van der Waals surface area contributed by atoms with E-state index < -0.39 is 5.54 Å². The highest BCUT2D eigenvalue weighted by molar-refractivity contribution is 6.07. The molecule has 1 aliphatic carbocycles. The maximum absolute atomic E-state index is 13.8. The van der Waals surface area contributed by atoms with Crippen molar-refractivity contribution in [1.82, 2.24) is 20.0 Å². The fourth-order valence-corrected chi connectivity index (χ4v) is 5.85. The predicted molar refractivity (Wildman–Crippen MR) is 132 cm³/mol. The molecule has 1 aromatic carbocycles. The number of likely N-dealkylation sites (tertiary alicyclic amines) is 1. The van der Waals surface area contributed by atoms with Crippen LogP contribution in [0, 0.1) is 17.7 Å². The van der Waals surface area contributed by atoms with Crippen LogP contribution in [0.3, 0.4) is 0 Å². The highest BCUT2D eigenvalue weighted by Gasteiger charge is 2.55. The summed E-state index contributed by atoms with van der Waals surface area (Å²) in [6.07, 6.45) is 11.1. The Labute approximate surface area is 203 Å². The molecule has 0 radical (unpaired) electrons. The molecule has 2 atom stereocenters. The number of nitrogens with one attached hydrogen (secondary N) is 1. The molecule has 3 aliphatic rings. The number of imide groups is 1. The van der Waals surface area contributed by atoms with Crippen molar-refractivity contribution in [2.75, 3.05) is 46.8 Å². The number of amides is 3. The number of nitrogens with zero attached hydrogens (tertiary/aromatic N) is 3. The van der Waals surface area contributed by atoms with Gasteiger partial charge in [0.05, 0.1) is 0 Å². The fourth-order valence-electron chi connectivity index (χ4n) is 5.85. The summed E-state index contributed by atoms with van der Waals surface area (Å²) in [6, 6.07) is 6.04. The van der Waals surface area contributed by atoms with Gasteiger partial charge in [0.1, 0.15) is 11.4 Å². The van der Waals surface area contributed by atoms with Crippen LogP contribution in [-0.2, 0) is 11.2 Å². The van der Waals surface area contributed by atoms with Gasteiger partial charge in [-0.3, -0.25) is 9.69 Å². The van der Waals surface area contributed by atoms with Crippen LogP contribution in [0.5, 0.6) is 0 Å². The largest absolute Gasteiger partial charge is 0.325 e. The van der Waals surface area contributed by atoms with E-state index in [0.29, 0.717) is 13.0 Å². The lowest BCUT2D eigenvalue weighted by molar-refractivity contribution is -0.134. The third-order valence-electron chi connectivity index (χ3n) is 7.76. The minimum Gasteiger partial charge on any atom is -0.322 e. The van der Waals surface area contributed by atoms with Crippen molar-refractivity contribution in [1.29, 1.82) is 0 Å². The molecule has 2 heterocycles. The van der Waals surface area contributed by atoms with Crippen LogP contribution in [0.2, 0.25) is 0 Å². The van der Waals surface area contributed by atoms with E-state index in [0.717, 1.165) is 63.3 Å². The summed E-state index contributed by atoms with van der Waals surface area (Å²) in [4.78, 5) is 32.8. The molecule has 4 rings (SSSR count). The van der Waals surface area contributed by atoms with Gasteiger partial charge >= 0.3 is 6.03 Å². The number of hydrogen-bond donors (Lipinski definition) is 1. The molecular weight excluding hydrogens is 431 g/mol. The summed E-state index contributed by atoms with van der Waals surface area (Å²) in [7, 11) is 3.98. The number of hydrogen-bond acceptors (Lipinski definition) is 4. The minimum atomic E-state index is -0.952. The molecule has 7 heteroatoms. The molecule has 1 aromatic rings. The molecule has 0 unspecified atom stereocenters. The Morgan fingerprint density at radius 2 is 1.82 bits per heavy atom. The van der Waals surface area contributed by atoms with Crippen LogP contribution in [0.4, 0.5) is 9.18 Å². The van der Waals surface area contributed by atoms with Crippen molar-refractivity contribution < 1.29 is 14.0 Å². The van der Waals surface area contributed by atoms with Gasteiger partial charge in [0.2, 0.25) is 0 Å². The Kier molecular flexibility index (Phi) is 8.04. The first kappa shape index (κ1) is 24.9. The molecule has 186 valence electrons. The van der Waals surface area contributed by atoms with Gasteiger partial charge in [-0.1, -0.05) is 24.3 Å². The van der Waals surface area contributed by atoms with Crippen LogP contribution in [0.15, 0.2) is 36.4 Å². The first-order valence-electron chi connectivity index (χ1n) is 12.8. The van der Waals surface area contributed by atoms with Crippen LogP contribution in [0.1, 0.15) is 44.1 Å². The molecule has 6 nitrogen and oxygen atoms in total. The summed E-state index contributed by atoms with van der Waals surface area (Å²) >= 11 is 0. The fraction of sp³-hybridized carbons (Fsp3) is 0.630. The second kappa shape index (κ2) is 11.0. The summed E-state index contributed by atoms with van der Waals surface area (Å²) in [5.74, 6) is 0.372. The van der Waals surface area contributed by atoms with Gasteiger partial charge < -0.3 is 15.1 Å². The number of piperidine rings is 1. The average Bonchev–Trinajstić information content (AvgIpc) is 3.06. The molecular formula is C27H39FN4O2. The monoisotopic (exact) mass is 470 g/mol. The van der Waals surface area contributed by atoms with Crippen LogP contribution < -0.4 is 5.32 Å². The van der Waals surface area contributed by atoms with Crippen molar-refractivity contribution in [3.63, 3.8) is 0 Å². The van der Waals surface area contributed by atoms with Crippen molar-refractivity contribution in [3.8, 4) is 0 Å². The first-order valence-corrected chi connectivity index (χ1v) is 12.8. The number of carbonyl (C=O) groups excluding carboxylic acids is 2. The van der Waals surface area contributed by atoms with E-state index in [4.69, 9.17) is 0 Å². The third-order valence-corrected chi connectivity index (χ3v) is 7.76. The average molecular weight is 471 g/mol. The minimum absolute atomic E-state index is 0.0651. The first-order chi connectivity index (χ1) is 16.4. The molecule has 0 saturated carbocycles. The zero-order valence-electron chi connectivity index (χ0n) is 20.6. The Morgan fingerprint density at radius 1 is 1.09 bits per heavy atom. The van der Waals surface area contributed by atoms with E-state index in [-0.39, 0.29) is 23.7 Å². The number of halogens is 1. The van der Waals surface area contributed by atoms with Gasteiger partial charge in [-0.2, -0.15) is 0 Å². The standard InChI is InChI=1S/C27H39FN4O2/c1-30(2)15-6-16-32-25(33)27(29-26(32)34,19-21-9-11-24(28)12-10-21)23-13-17-31(18-14-23)20-22-7-4-3-5-8-22/h3-4,9-12,22-23H,5-8,13-20H2,1-2H3,(H,29,34)/t22-,27-/m0/s1. The lowest BCUT2D eigenvalue weighted by Gasteiger charge is -2.42. The van der Waals surface area contributed by atoms with Crippen LogP contribution in [0.25, 0.3) is 0 Å². The van der Waals surface area contributed by atoms with E-state index in [9.17, 15) is 14.0 Å². The summed E-state index contributed by atoms with van der Waals surface area (Å²) in [6.45, 7) is 4.23. The SMILES string of the molecule is CN(C)CCCN1C(=O)N[C@@](Cc2ccc(F)cc2)(C2CCN(C[C@H]3CC=CCC3)CC2)C1=O. The second-order valence-electron chi connectivity index (χ2n) is 10.5. The number of urea groups is 1. The summed E-state index contributed by atoms with van der Waals surface area (Å²) < 4.78 is 13.5. The van der Waals surface area contributed by atoms with Gasteiger partial charge in [-0.05, 0) is 102 Å². The Morgan fingerprint density at radius 3 is 2.47 bits per heavy atom. The highest BCUT2D eigenvalue weighted by atomic mass is 19.1. The van der Waals surface area contributed by atoms with E-state index >= 15 is 0 Å². The zero-order valence-corrected chi connectivity index (χ0v) is 20.6. The molecule has 3 amide bonds.